The first kappa shape index (κ1) is 16.7. The number of hydrogen-bond donors (Lipinski definition) is 0. The molecule has 1 aliphatic heterocycles. The number of rotatable bonds is 3. The highest BCUT2D eigenvalue weighted by atomic mass is 16.5. The summed E-state index contributed by atoms with van der Waals surface area (Å²) in [5.41, 5.74) is 1.68. The molecule has 2 heterocycles. The van der Waals surface area contributed by atoms with Gasteiger partial charge in [-0.15, -0.1) is 0 Å². The van der Waals surface area contributed by atoms with Crippen molar-refractivity contribution in [3.63, 3.8) is 0 Å². The summed E-state index contributed by atoms with van der Waals surface area (Å²) in [6, 6.07) is 10.9. The van der Waals surface area contributed by atoms with E-state index in [4.69, 9.17) is 10.00 Å². The second-order valence-corrected chi connectivity index (χ2v) is 5.79. The molecule has 1 aliphatic rings. The van der Waals surface area contributed by atoms with E-state index in [9.17, 15) is 4.79 Å². The van der Waals surface area contributed by atoms with Crippen LogP contribution < -0.4 is 9.64 Å². The average Bonchev–Trinajstić information content (AvgIpc) is 2.67. The number of nitrogens with zero attached hydrogens (tertiary/aromatic N) is 5. The number of benzene rings is 1. The summed E-state index contributed by atoms with van der Waals surface area (Å²) in [4.78, 5) is 25.2. The van der Waals surface area contributed by atoms with Crippen molar-refractivity contribution < 1.29 is 9.53 Å². The van der Waals surface area contributed by atoms with Crippen molar-refractivity contribution >= 4 is 11.9 Å². The largest absolute Gasteiger partial charge is 0.496 e. The first-order valence-corrected chi connectivity index (χ1v) is 8.05. The van der Waals surface area contributed by atoms with Crippen LogP contribution in [0.25, 0.3) is 0 Å². The number of anilines is 1. The Balaban J connectivity index is 1.71. The quantitative estimate of drug-likeness (QED) is 0.846. The summed E-state index contributed by atoms with van der Waals surface area (Å²) in [5.74, 6) is 1.08. The zero-order chi connectivity index (χ0) is 17.8. The van der Waals surface area contributed by atoms with Crippen molar-refractivity contribution in [1.29, 1.82) is 5.26 Å². The molecule has 1 fully saturated rings. The second kappa shape index (κ2) is 7.18. The van der Waals surface area contributed by atoms with Gasteiger partial charge < -0.3 is 14.5 Å². The van der Waals surface area contributed by atoms with Crippen LogP contribution in [0, 0.1) is 18.3 Å². The number of nitriles is 1. The molecule has 0 unspecified atom stereocenters. The van der Waals surface area contributed by atoms with Crippen LogP contribution in [0.2, 0.25) is 0 Å². The summed E-state index contributed by atoms with van der Waals surface area (Å²) < 4.78 is 5.28. The Bertz CT molecular complexity index is 822. The third-order valence-corrected chi connectivity index (χ3v) is 4.14. The first-order chi connectivity index (χ1) is 12.1. The highest BCUT2D eigenvalue weighted by molar-refractivity contribution is 5.97. The number of piperazine rings is 1. The van der Waals surface area contributed by atoms with Crippen molar-refractivity contribution in [2.45, 2.75) is 6.92 Å². The molecule has 0 bridgehead atoms. The number of carbonyl (C=O) groups is 1. The van der Waals surface area contributed by atoms with Gasteiger partial charge in [0.05, 0.1) is 12.7 Å². The van der Waals surface area contributed by atoms with Gasteiger partial charge in [0, 0.05) is 31.9 Å². The van der Waals surface area contributed by atoms with Crippen LogP contribution in [0.3, 0.4) is 0 Å². The number of methoxy groups -OCH3 is 1. The molecule has 128 valence electrons. The van der Waals surface area contributed by atoms with Gasteiger partial charge in [-0.1, -0.05) is 12.1 Å². The van der Waals surface area contributed by atoms with Crippen LogP contribution in [0.1, 0.15) is 21.7 Å². The van der Waals surface area contributed by atoms with E-state index in [0.717, 1.165) is 5.69 Å². The number of hydrogen-bond acceptors (Lipinski definition) is 6. The van der Waals surface area contributed by atoms with Gasteiger partial charge in [0.15, 0.2) is 0 Å². The van der Waals surface area contributed by atoms with Crippen molar-refractivity contribution in [3.05, 3.63) is 47.3 Å². The predicted octanol–water partition coefficient (Wildman–Crippen LogP) is 1.63. The Morgan fingerprint density at radius 3 is 2.60 bits per heavy atom. The maximum absolute atomic E-state index is 12.7. The zero-order valence-electron chi connectivity index (χ0n) is 14.3. The Labute approximate surface area is 146 Å². The molecule has 0 aliphatic carbocycles. The Morgan fingerprint density at radius 2 is 1.92 bits per heavy atom. The molecule has 1 amide bonds. The number of aromatic nitrogens is 2. The minimum atomic E-state index is -0.0417. The van der Waals surface area contributed by atoms with Gasteiger partial charge in [-0.2, -0.15) is 5.26 Å². The molecule has 0 saturated carbocycles. The van der Waals surface area contributed by atoms with E-state index in [0.29, 0.717) is 49.1 Å². The van der Waals surface area contributed by atoms with Crippen molar-refractivity contribution in [1.82, 2.24) is 14.9 Å². The van der Waals surface area contributed by atoms with E-state index in [-0.39, 0.29) is 5.91 Å². The molecule has 0 N–H and O–H groups in total. The normalized spacial score (nSPS) is 14.1. The molecule has 0 radical (unpaired) electrons. The fraction of sp³-hybridized carbons (Fsp3) is 0.333. The highest BCUT2D eigenvalue weighted by Crippen LogP contribution is 2.21. The molecule has 0 atom stereocenters. The lowest BCUT2D eigenvalue weighted by atomic mass is 10.1. The highest BCUT2D eigenvalue weighted by Gasteiger charge is 2.25. The third kappa shape index (κ3) is 3.53. The lowest BCUT2D eigenvalue weighted by Gasteiger charge is -2.35. The molecule has 0 spiro atoms. The molecule has 1 aromatic carbocycles. The smallest absolute Gasteiger partial charge is 0.257 e. The lowest BCUT2D eigenvalue weighted by Crippen LogP contribution is -2.49. The van der Waals surface area contributed by atoms with Gasteiger partial charge in [0.1, 0.15) is 17.5 Å². The molecule has 2 aromatic rings. The van der Waals surface area contributed by atoms with E-state index in [2.05, 4.69) is 16.0 Å². The van der Waals surface area contributed by atoms with Crippen LogP contribution >= 0.6 is 0 Å². The minimum absolute atomic E-state index is 0.0417. The van der Waals surface area contributed by atoms with Crippen molar-refractivity contribution in [3.8, 4) is 11.8 Å². The predicted molar refractivity (Wildman–Crippen MR) is 92.6 cm³/mol. The Hall–Kier alpha value is -3.14. The summed E-state index contributed by atoms with van der Waals surface area (Å²) in [6.07, 6.45) is 0. The second-order valence-electron chi connectivity index (χ2n) is 5.79. The lowest BCUT2D eigenvalue weighted by molar-refractivity contribution is 0.0743. The minimum Gasteiger partial charge on any atom is -0.496 e. The summed E-state index contributed by atoms with van der Waals surface area (Å²) in [5, 5.41) is 9.05. The summed E-state index contributed by atoms with van der Waals surface area (Å²) >= 11 is 0. The van der Waals surface area contributed by atoms with E-state index in [1.165, 1.54) is 0 Å². The van der Waals surface area contributed by atoms with Crippen LogP contribution in [0.4, 0.5) is 5.95 Å². The molecular formula is C18H19N5O2. The topological polar surface area (TPSA) is 82.4 Å². The Morgan fingerprint density at radius 1 is 1.20 bits per heavy atom. The van der Waals surface area contributed by atoms with E-state index < -0.39 is 0 Å². The number of ether oxygens (including phenoxy) is 1. The number of aryl methyl sites for hydroxylation is 1. The first-order valence-electron chi connectivity index (χ1n) is 8.05. The van der Waals surface area contributed by atoms with E-state index >= 15 is 0 Å². The molecule has 1 saturated heterocycles. The SMILES string of the molecule is COc1ccccc1C(=O)N1CCN(c2nc(C)cc(C#N)n2)CC1. The maximum atomic E-state index is 12.7. The van der Waals surface area contributed by atoms with Gasteiger partial charge in [-0.05, 0) is 25.1 Å². The maximum Gasteiger partial charge on any atom is 0.257 e. The molecule has 7 nitrogen and oxygen atoms in total. The van der Waals surface area contributed by atoms with Crippen LogP contribution in [0.5, 0.6) is 5.75 Å². The van der Waals surface area contributed by atoms with Gasteiger partial charge in [-0.3, -0.25) is 4.79 Å². The van der Waals surface area contributed by atoms with Crippen LogP contribution in [-0.2, 0) is 0 Å². The average molecular weight is 337 g/mol. The third-order valence-electron chi connectivity index (χ3n) is 4.14. The summed E-state index contributed by atoms with van der Waals surface area (Å²) in [6.45, 7) is 4.21. The fourth-order valence-electron chi connectivity index (χ4n) is 2.85. The van der Waals surface area contributed by atoms with Gasteiger partial charge in [0.25, 0.3) is 5.91 Å². The zero-order valence-corrected chi connectivity index (χ0v) is 14.3. The van der Waals surface area contributed by atoms with Crippen LogP contribution in [-0.4, -0.2) is 54.1 Å². The molecule has 3 rings (SSSR count). The molecule has 1 aromatic heterocycles. The summed E-state index contributed by atoms with van der Waals surface area (Å²) in [7, 11) is 1.56. The number of amides is 1. The van der Waals surface area contributed by atoms with Gasteiger partial charge >= 0.3 is 0 Å². The van der Waals surface area contributed by atoms with E-state index in [1.54, 1.807) is 30.2 Å². The standard InChI is InChI=1S/C18H19N5O2/c1-13-11-14(12-19)21-18(20-13)23-9-7-22(8-10-23)17(24)15-5-3-4-6-16(15)25-2/h3-6,11H,7-10H2,1-2H3. The molecule has 7 heteroatoms. The van der Waals surface area contributed by atoms with Gasteiger partial charge in [0.2, 0.25) is 5.95 Å². The molecule has 25 heavy (non-hydrogen) atoms. The van der Waals surface area contributed by atoms with Gasteiger partial charge in [-0.25, -0.2) is 9.97 Å². The monoisotopic (exact) mass is 337 g/mol. The number of para-hydroxylation sites is 1. The van der Waals surface area contributed by atoms with Crippen molar-refractivity contribution in [2.24, 2.45) is 0 Å². The fourth-order valence-corrected chi connectivity index (χ4v) is 2.85. The Kier molecular flexibility index (Phi) is 4.80. The van der Waals surface area contributed by atoms with Crippen LogP contribution in [0.15, 0.2) is 30.3 Å². The number of carbonyl (C=O) groups excluding carboxylic acids is 1. The molecular weight excluding hydrogens is 318 g/mol. The van der Waals surface area contributed by atoms with Crippen molar-refractivity contribution in [2.75, 3.05) is 38.2 Å². The van der Waals surface area contributed by atoms with E-state index in [1.807, 2.05) is 24.0 Å².